The Hall–Kier alpha value is -2.66. The van der Waals surface area contributed by atoms with Crippen molar-refractivity contribution in [3.05, 3.63) is 33.9 Å². The molecule has 1 atom stereocenters. The second-order valence-corrected chi connectivity index (χ2v) is 4.45. The van der Waals surface area contributed by atoms with Gasteiger partial charge in [-0.15, -0.1) is 0 Å². The maximum Gasteiger partial charge on any atom is 0.305 e. The van der Waals surface area contributed by atoms with E-state index < -0.39 is 16.9 Å². The van der Waals surface area contributed by atoms with Crippen molar-refractivity contribution < 1.29 is 14.5 Å². The first kappa shape index (κ1) is 14.7. The minimum Gasteiger partial charge on any atom is -0.383 e. The van der Waals surface area contributed by atoms with Gasteiger partial charge >= 0.3 is 5.69 Å². The van der Waals surface area contributed by atoms with Gasteiger partial charge < -0.3 is 15.0 Å². The van der Waals surface area contributed by atoms with Crippen LogP contribution in [0.2, 0.25) is 0 Å². The van der Waals surface area contributed by atoms with E-state index in [-0.39, 0.29) is 30.1 Å². The maximum absolute atomic E-state index is 12.5. The van der Waals surface area contributed by atoms with Crippen LogP contribution >= 0.6 is 0 Å². The molecule has 1 unspecified atom stereocenters. The predicted molar refractivity (Wildman–Crippen MR) is 73.9 cm³/mol. The van der Waals surface area contributed by atoms with Gasteiger partial charge in [-0.1, -0.05) is 6.07 Å². The number of nitrogens with zero attached hydrogens (tertiary/aromatic N) is 3. The number of para-hydroxylation sites is 1. The molecule has 0 saturated carbocycles. The molecule has 0 bridgehead atoms. The topological polar surface area (TPSA) is 109 Å². The molecule has 110 valence electrons. The monoisotopic (exact) mass is 290 g/mol. The zero-order valence-corrected chi connectivity index (χ0v) is 11.4. The lowest BCUT2D eigenvalue weighted by molar-refractivity contribution is -0.384. The number of nitro groups is 1. The highest BCUT2D eigenvalue weighted by molar-refractivity contribution is 6.00. The van der Waals surface area contributed by atoms with Gasteiger partial charge in [-0.25, -0.2) is 0 Å². The molecule has 1 aliphatic rings. The Kier molecular flexibility index (Phi) is 4.35. The number of carbonyl (C=O) groups is 1. The number of hydrogen-bond acceptors (Lipinski definition) is 6. The number of amides is 1. The van der Waals surface area contributed by atoms with Crippen molar-refractivity contribution >= 4 is 17.3 Å². The van der Waals surface area contributed by atoms with Crippen molar-refractivity contribution in [2.24, 2.45) is 0 Å². The summed E-state index contributed by atoms with van der Waals surface area (Å²) >= 11 is 0. The molecule has 1 aromatic carbocycles. The van der Waals surface area contributed by atoms with Gasteiger partial charge in [-0.2, -0.15) is 5.26 Å². The Morgan fingerprint density at radius 1 is 1.62 bits per heavy atom. The summed E-state index contributed by atoms with van der Waals surface area (Å²) in [6, 6.07) is 6.46. The van der Waals surface area contributed by atoms with E-state index in [1.165, 1.54) is 17.0 Å². The quantitative estimate of drug-likeness (QED) is 0.657. The van der Waals surface area contributed by atoms with Crippen LogP contribution in [-0.2, 0) is 4.74 Å². The Bertz CT molecular complexity index is 611. The van der Waals surface area contributed by atoms with Crippen molar-refractivity contribution in [3.8, 4) is 6.07 Å². The molecule has 2 rings (SSSR count). The van der Waals surface area contributed by atoms with Gasteiger partial charge in [-0.3, -0.25) is 14.9 Å². The van der Waals surface area contributed by atoms with Crippen LogP contribution in [0.1, 0.15) is 10.4 Å². The van der Waals surface area contributed by atoms with Crippen LogP contribution in [0.3, 0.4) is 0 Å². The normalized spacial score (nSPS) is 17.9. The first-order valence-electron chi connectivity index (χ1n) is 6.34. The number of nitro benzene ring substituents is 1. The summed E-state index contributed by atoms with van der Waals surface area (Å²) in [4.78, 5) is 24.5. The van der Waals surface area contributed by atoms with Gasteiger partial charge in [0, 0.05) is 13.6 Å². The van der Waals surface area contributed by atoms with Gasteiger partial charge in [-0.05, 0) is 12.1 Å². The van der Waals surface area contributed by atoms with Crippen molar-refractivity contribution in [1.29, 1.82) is 5.26 Å². The number of nitrogens with one attached hydrogen (secondary N) is 1. The minimum atomic E-state index is -0.700. The lowest BCUT2D eigenvalue weighted by Crippen LogP contribution is -2.45. The van der Waals surface area contributed by atoms with Crippen LogP contribution < -0.4 is 5.32 Å². The Morgan fingerprint density at radius 2 is 2.38 bits per heavy atom. The van der Waals surface area contributed by atoms with Gasteiger partial charge in [0.05, 0.1) is 24.1 Å². The average Bonchev–Trinajstić information content (AvgIpc) is 2.53. The van der Waals surface area contributed by atoms with E-state index in [0.717, 1.165) is 0 Å². The largest absolute Gasteiger partial charge is 0.383 e. The van der Waals surface area contributed by atoms with E-state index in [2.05, 4.69) is 5.32 Å². The molecule has 1 aromatic rings. The SMILES string of the molecule is CNc1cccc(C(=O)N2CCOC(C#N)C2)c1[N+](=O)[O-]. The molecule has 1 fully saturated rings. The van der Waals surface area contributed by atoms with Gasteiger partial charge in [0.2, 0.25) is 0 Å². The first-order valence-corrected chi connectivity index (χ1v) is 6.34. The summed E-state index contributed by atoms with van der Waals surface area (Å²) in [7, 11) is 1.55. The molecule has 0 radical (unpaired) electrons. The highest BCUT2D eigenvalue weighted by Crippen LogP contribution is 2.29. The number of ether oxygens (including phenoxy) is 1. The van der Waals surface area contributed by atoms with Crippen molar-refractivity contribution in [1.82, 2.24) is 4.90 Å². The number of hydrogen-bond donors (Lipinski definition) is 1. The van der Waals surface area contributed by atoms with E-state index in [1.807, 2.05) is 6.07 Å². The fourth-order valence-electron chi connectivity index (χ4n) is 2.20. The van der Waals surface area contributed by atoms with Gasteiger partial charge in [0.15, 0.2) is 6.10 Å². The molecule has 21 heavy (non-hydrogen) atoms. The summed E-state index contributed by atoms with van der Waals surface area (Å²) in [5.41, 5.74) is 0.0198. The van der Waals surface area contributed by atoms with Crippen molar-refractivity contribution in [2.75, 3.05) is 32.1 Å². The molecule has 0 spiro atoms. The Morgan fingerprint density at radius 3 is 3.00 bits per heavy atom. The number of nitriles is 1. The summed E-state index contributed by atoms with van der Waals surface area (Å²) in [5, 5.41) is 22.8. The number of carbonyl (C=O) groups excluding carboxylic acids is 1. The summed E-state index contributed by atoms with van der Waals surface area (Å²) in [5.74, 6) is -0.470. The average molecular weight is 290 g/mol. The van der Waals surface area contributed by atoms with Crippen molar-refractivity contribution in [2.45, 2.75) is 6.10 Å². The predicted octanol–water partition coefficient (Wildman–Crippen LogP) is 1.00. The molecule has 8 nitrogen and oxygen atoms in total. The Labute approximate surface area is 121 Å². The fourth-order valence-corrected chi connectivity index (χ4v) is 2.20. The highest BCUT2D eigenvalue weighted by Gasteiger charge is 2.30. The third-order valence-corrected chi connectivity index (χ3v) is 3.22. The lowest BCUT2D eigenvalue weighted by Gasteiger charge is -2.29. The molecule has 1 amide bonds. The number of anilines is 1. The molecular formula is C13H14N4O4. The second-order valence-electron chi connectivity index (χ2n) is 4.45. The fraction of sp³-hybridized carbons (Fsp3) is 0.385. The summed E-state index contributed by atoms with van der Waals surface area (Å²) in [6.45, 7) is 0.650. The summed E-state index contributed by atoms with van der Waals surface area (Å²) < 4.78 is 5.16. The highest BCUT2D eigenvalue weighted by atomic mass is 16.6. The summed E-state index contributed by atoms with van der Waals surface area (Å²) in [6.07, 6.45) is -0.700. The molecule has 1 saturated heterocycles. The Balaban J connectivity index is 2.35. The maximum atomic E-state index is 12.5. The van der Waals surface area contributed by atoms with E-state index in [1.54, 1.807) is 13.1 Å². The molecule has 0 aliphatic carbocycles. The van der Waals surface area contributed by atoms with Crippen LogP contribution in [0.5, 0.6) is 0 Å². The molecule has 0 aromatic heterocycles. The number of morpholine rings is 1. The van der Waals surface area contributed by atoms with Crippen LogP contribution in [0, 0.1) is 21.4 Å². The second kappa shape index (κ2) is 6.19. The zero-order valence-electron chi connectivity index (χ0n) is 11.4. The van der Waals surface area contributed by atoms with Crippen molar-refractivity contribution in [3.63, 3.8) is 0 Å². The third-order valence-electron chi connectivity index (χ3n) is 3.22. The van der Waals surface area contributed by atoms with E-state index in [9.17, 15) is 14.9 Å². The molecule has 1 N–H and O–H groups in total. The van der Waals surface area contributed by atoms with E-state index in [0.29, 0.717) is 6.54 Å². The van der Waals surface area contributed by atoms with Crippen LogP contribution in [0.4, 0.5) is 11.4 Å². The number of benzene rings is 1. The number of rotatable bonds is 3. The lowest BCUT2D eigenvalue weighted by atomic mass is 10.1. The van der Waals surface area contributed by atoms with Crippen LogP contribution in [-0.4, -0.2) is 48.6 Å². The van der Waals surface area contributed by atoms with Gasteiger partial charge in [0.1, 0.15) is 11.3 Å². The molecule has 8 heteroatoms. The van der Waals surface area contributed by atoms with Crippen LogP contribution in [0.25, 0.3) is 0 Å². The third kappa shape index (κ3) is 2.93. The van der Waals surface area contributed by atoms with Crippen LogP contribution in [0.15, 0.2) is 18.2 Å². The first-order chi connectivity index (χ1) is 10.1. The molecular weight excluding hydrogens is 276 g/mol. The molecule has 1 heterocycles. The van der Waals surface area contributed by atoms with E-state index >= 15 is 0 Å². The standard InChI is InChI=1S/C13H14N4O4/c1-15-11-4-2-3-10(12(11)17(19)20)13(18)16-5-6-21-9(7-14)8-16/h2-4,9,15H,5-6,8H2,1H3. The smallest absolute Gasteiger partial charge is 0.305 e. The molecule has 1 aliphatic heterocycles. The van der Waals surface area contributed by atoms with Gasteiger partial charge in [0.25, 0.3) is 5.91 Å². The van der Waals surface area contributed by atoms with E-state index in [4.69, 9.17) is 10.00 Å². The zero-order chi connectivity index (χ0) is 15.4. The minimum absolute atomic E-state index is 0.00504.